The van der Waals surface area contributed by atoms with Gasteiger partial charge in [-0.2, -0.15) is 0 Å². The highest BCUT2D eigenvalue weighted by Gasteiger charge is 2.17. The minimum atomic E-state index is -0.289. The van der Waals surface area contributed by atoms with E-state index >= 15 is 0 Å². The molecule has 25 heavy (non-hydrogen) atoms. The molecule has 0 bridgehead atoms. The molecular formula is C20H21FN2OS. The quantitative estimate of drug-likeness (QED) is 0.671. The summed E-state index contributed by atoms with van der Waals surface area (Å²) in [6.45, 7) is 2.70. The highest BCUT2D eigenvalue weighted by molar-refractivity contribution is 7.10. The number of nitrogens with one attached hydrogen (secondary N) is 1. The lowest BCUT2D eigenvalue weighted by Gasteiger charge is -2.19. The Hall–Kier alpha value is -2.40. The van der Waals surface area contributed by atoms with Gasteiger partial charge < -0.3 is 9.88 Å². The summed E-state index contributed by atoms with van der Waals surface area (Å²) >= 11 is 1.71. The lowest BCUT2D eigenvalue weighted by molar-refractivity contribution is -0.121. The Bertz CT molecular complexity index is 826. The van der Waals surface area contributed by atoms with Gasteiger partial charge in [-0.1, -0.05) is 12.1 Å². The van der Waals surface area contributed by atoms with Gasteiger partial charge in [0.1, 0.15) is 5.82 Å². The minimum Gasteiger partial charge on any atom is -0.356 e. The molecule has 1 unspecified atom stereocenters. The van der Waals surface area contributed by atoms with Crippen LogP contribution in [0.5, 0.6) is 0 Å². The van der Waals surface area contributed by atoms with Gasteiger partial charge in [0, 0.05) is 23.8 Å². The average molecular weight is 356 g/mol. The maximum atomic E-state index is 13.6. The molecule has 0 radical (unpaired) electrons. The number of hydrogen-bond acceptors (Lipinski definition) is 2. The van der Waals surface area contributed by atoms with Crippen molar-refractivity contribution in [3.63, 3.8) is 0 Å². The summed E-state index contributed by atoms with van der Waals surface area (Å²) in [6, 6.07) is 12.1. The Morgan fingerprint density at radius 2 is 2.04 bits per heavy atom. The summed E-state index contributed by atoms with van der Waals surface area (Å²) in [6.07, 6.45) is 4.92. The van der Waals surface area contributed by atoms with Crippen LogP contribution in [-0.2, 0) is 11.2 Å². The van der Waals surface area contributed by atoms with Crippen molar-refractivity contribution < 1.29 is 9.18 Å². The van der Waals surface area contributed by atoms with Crippen molar-refractivity contribution in [3.8, 4) is 0 Å². The lowest BCUT2D eigenvalue weighted by atomic mass is 10.0. The number of nitrogens with zero attached hydrogens (tertiary/aromatic N) is 1. The molecule has 1 N–H and O–H groups in total. The van der Waals surface area contributed by atoms with Gasteiger partial charge >= 0.3 is 0 Å². The molecule has 0 spiro atoms. The predicted octanol–water partition coefficient (Wildman–Crippen LogP) is 4.34. The molecule has 0 aliphatic carbocycles. The third-order valence-corrected chi connectivity index (χ3v) is 5.32. The van der Waals surface area contributed by atoms with E-state index in [2.05, 4.69) is 23.7 Å². The van der Waals surface area contributed by atoms with E-state index in [1.165, 1.54) is 22.6 Å². The second kappa shape index (κ2) is 8.12. The molecule has 1 aromatic carbocycles. The van der Waals surface area contributed by atoms with E-state index in [1.54, 1.807) is 17.4 Å². The Morgan fingerprint density at radius 1 is 1.24 bits per heavy atom. The van der Waals surface area contributed by atoms with Crippen molar-refractivity contribution in [2.24, 2.45) is 0 Å². The molecule has 1 atom stereocenters. The molecule has 3 rings (SSSR count). The van der Waals surface area contributed by atoms with Crippen molar-refractivity contribution in [1.29, 1.82) is 0 Å². The molecule has 0 fully saturated rings. The SMILES string of the molecule is Cc1ccsc1CCNC(=O)CC(c1cccc(F)c1)n1cccc1. The number of amides is 1. The number of thiophene rings is 1. The number of aryl methyl sites for hydroxylation is 1. The molecule has 0 saturated carbocycles. The van der Waals surface area contributed by atoms with Crippen LogP contribution < -0.4 is 5.32 Å². The summed E-state index contributed by atoms with van der Waals surface area (Å²) in [7, 11) is 0. The van der Waals surface area contributed by atoms with Crippen LogP contribution in [0.3, 0.4) is 0 Å². The normalized spacial score (nSPS) is 12.1. The van der Waals surface area contributed by atoms with E-state index < -0.39 is 0 Å². The summed E-state index contributed by atoms with van der Waals surface area (Å²) in [5, 5.41) is 5.05. The second-order valence-corrected chi connectivity index (χ2v) is 7.03. The average Bonchev–Trinajstić information content (AvgIpc) is 3.25. The first-order valence-electron chi connectivity index (χ1n) is 8.31. The van der Waals surface area contributed by atoms with Gasteiger partial charge in [0.05, 0.1) is 12.5 Å². The smallest absolute Gasteiger partial charge is 0.222 e. The molecule has 130 valence electrons. The number of carbonyl (C=O) groups is 1. The number of carbonyl (C=O) groups excluding carboxylic acids is 1. The number of halogens is 1. The number of aromatic nitrogens is 1. The van der Waals surface area contributed by atoms with Crippen LogP contribution in [0.25, 0.3) is 0 Å². The molecule has 3 aromatic rings. The summed E-state index contributed by atoms with van der Waals surface area (Å²) in [5.41, 5.74) is 2.06. The minimum absolute atomic E-state index is 0.0304. The lowest BCUT2D eigenvalue weighted by Crippen LogP contribution is -2.28. The van der Waals surface area contributed by atoms with E-state index in [1.807, 2.05) is 35.2 Å². The van der Waals surface area contributed by atoms with Crippen LogP contribution in [0.1, 0.15) is 28.5 Å². The maximum Gasteiger partial charge on any atom is 0.222 e. The summed E-state index contributed by atoms with van der Waals surface area (Å²) in [4.78, 5) is 13.7. The Morgan fingerprint density at radius 3 is 2.72 bits per heavy atom. The van der Waals surface area contributed by atoms with Gasteiger partial charge in [0.15, 0.2) is 0 Å². The van der Waals surface area contributed by atoms with Crippen molar-refractivity contribution in [1.82, 2.24) is 9.88 Å². The number of rotatable bonds is 7. The molecule has 1 amide bonds. The molecule has 0 aliphatic rings. The van der Waals surface area contributed by atoms with E-state index in [-0.39, 0.29) is 24.2 Å². The van der Waals surface area contributed by atoms with Crippen LogP contribution in [0.4, 0.5) is 4.39 Å². The highest BCUT2D eigenvalue weighted by atomic mass is 32.1. The van der Waals surface area contributed by atoms with Crippen LogP contribution in [0.2, 0.25) is 0 Å². The van der Waals surface area contributed by atoms with Crippen molar-refractivity contribution in [2.45, 2.75) is 25.8 Å². The topological polar surface area (TPSA) is 34.0 Å². The monoisotopic (exact) mass is 356 g/mol. The third-order valence-electron chi connectivity index (χ3n) is 4.24. The first kappa shape index (κ1) is 17.4. The number of hydrogen-bond donors (Lipinski definition) is 1. The number of benzene rings is 1. The summed E-state index contributed by atoms with van der Waals surface area (Å²) < 4.78 is 15.5. The molecule has 2 aromatic heterocycles. The second-order valence-electron chi connectivity index (χ2n) is 6.03. The molecule has 5 heteroatoms. The van der Waals surface area contributed by atoms with Gasteiger partial charge in [-0.15, -0.1) is 11.3 Å². The van der Waals surface area contributed by atoms with Gasteiger partial charge in [-0.3, -0.25) is 4.79 Å². The zero-order valence-corrected chi connectivity index (χ0v) is 14.9. The fourth-order valence-corrected chi connectivity index (χ4v) is 3.80. The van der Waals surface area contributed by atoms with E-state index in [0.717, 1.165) is 12.0 Å². The fourth-order valence-electron chi connectivity index (χ4n) is 2.89. The zero-order valence-electron chi connectivity index (χ0n) is 14.1. The van der Waals surface area contributed by atoms with Crippen molar-refractivity contribution in [2.75, 3.05) is 6.54 Å². The molecular weight excluding hydrogens is 335 g/mol. The highest BCUT2D eigenvalue weighted by Crippen LogP contribution is 2.23. The largest absolute Gasteiger partial charge is 0.356 e. The van der Waals surface area contributed by atoms with Crippen molar-refractivity contribution in [3.05, 3.63) is 82.1 Å². The fraction of sp³-hybridized carbons (Fsp3) is 0.250. The third kappa shape index (κ3) is 4.57. The van der Waals surface area contributed by atoms with E-state index in [4.69, 9.17) is 0 Å². The van der Waals surface area contributed by atoms with Crippen LogP contribution in [-0.4, -0.2) is 17.0 Å². The Balaban J connectivity index is 1.64. The van der Waals surface area contributed by atoms with E-state index in [0.29, 0.717) is 6.54 Å². The van der Waals surface area contributed by atoms with Crippen LogP contribution in [0.15, 0.2) is 60.2 Å². The Kier molecular flexibility index (Phi) is 5.66. The summed E-state index contributed by atoms with van der Waals surface area (Å²) in [5.74, 6) is -0.319. The van der Waals surface area contributed by atoms with Gasteiger partial charge in [-0.25, -0.2) is 4.39 Å². The van der Waals surface area contributed by atoms with Gasteiger partial charge in [0.25, 0.3) is 0 Å². The standard InChI is InChI=1S/C20H21FN2OS/c1-15-8-12-25-19(15)7-9-22-20(24)14-18(23-10-2-3-11-23)16-5-4-6-17(21)13-16/h2-6,8,10-13,18H,7,9,14H2,1H3,(H,22,24). The Labute approximate surface area is 151 Å². The molecule has 0 saturated heterocycles. The van der Waals surface area contributed by atoms with Crippen molar-refractivity contribution >= 4 is 17.2 Å². The first-order valence-corrected chi connectivity index (χ1v) is 9.19. The van der Waals surface area contributed by atoms with Crippen LogP contribution >= 0.6 is 11.3 Å². The zero-order chi connectivity index (χ0) is 17.6. The molecule has 2 heterocycles. The molecule has 3 nitrogen and oxygen atoms in total. The first-order chi connectivity index (χ1) is 12.1. The van der Waals surface area contributed by atoms with E-state index in [9.17, 15) is 9.18 Å². The molecule has 0 aliphatic heterocycles. The van der Waals surface area contributed by atoms with Gasteiger partial charge in [0.2, 0.25) is 5.91 Å². The maximum absolute atomic E-state index is 13.6. The van der Waals surface area contributed by atoms with Crippen LogP contribution in [0, 0.1) is 12.7 Å². The van der Waals surface area contributed by atoms with Gasteiger partial charge in [-0.05, 0) is 60.2 Å². The predicted molar refractivity (Wildman–Crippen MR) is 99.4 cm³/mol.